The lowest BCUT2D eigenvalue weighted by Crippen LogP contribution is -2.05. The summed E-state index contributed by atoms with van der Waals surface area (Å²) in [4.78, 5) is 0. The van der Waals surface area contributed by atoms with Crippen molar-refractivity contribution in [2.45, 2.75) is 39.5 Å². The molecule has 0 saturated heterocycles. The lowest BCUT2D eigenvalue weighted by molar-refractivity contribution is 0.397. The van der Waals surface area contributed by atoms with Gasteiger partial charge in [0.05, 0.1) is 19.8 Å². The number of phenols is 1. The van der Waals surface area contributed by atoms with Crippen LogP contribution in [0.1, 0.15) is 50.7 Å². The van der Waals surface area contributed by atoms with Crippen molar-refractivity contribution in [3.8, 4) is 39.5 Å². The van der Waals surface area contributed by atoms with Crippen LogP contribution in [0.2, 0.25) is 0 Å². The van der Waals surface area contributed by atoms with E-state index in [0.29, 0.717) is 23.3 Å². The van der Waals surface area contributed by atoms with Crippen LogP contribution in [0.4, 0.5) is 0 Å². The fourth-order valence-electron chi connectivity index (χ4n) is 4.01. The zero-order valence-electron chi connectivity index (χ0n) is 18.6. The SMILES string of the molecule is COc1cccc(OC)c1-c1ccc(-c2c(C(C)C)cccc2C(C)C)c(O)c1P. The molecule has 1 N–H and O–H groups in total. The summed E-state index contributed by atoms with van der Waals surface area (Å²) in [6, 6.07) is 16.2. The number of rotatable bonds is 6. The topological polar surface area (TPSA) is 38.7 Å². The zero-order valence-corrected chi connectivity index (χ0v) is 19.8. The largest absolute Gasteiger partial charge is 0.507 e. The van der Waals surface area contributed by atoms with Crippen LogP contribution in [0, 0.1) is 0 Å². The highest BCUT2D eigenvalue weighted by Gasteiger charge is 2.22. The zero-order chi connectivity index (χ0) is 22.0. The molecule has 0 saturated carbocycles. The van der Waals surface area contributed by atoms with Gasteiger partial charge in [0, 0.05) is 10.9 Å². The van der Waals surface area contributed by atoms with Gasteiger partial charge in [-0.25, -0.2) is 0 Å². The summed E-state index contributed by atoms with van der Waals surface area (Å²) in [5.74, 6) is 2.37. The Morgan fingerprint density at radius 3 is 1.63 bits per heavy atom. The third-order valence-electron chi connectivity index (χ3n) is 5.56. The van der Waals surface area contributed by atoms with Gasteiger partial charge in [0.25, 0.3) is 0 Å². The molecular weight excluding hydrogens is 391 g/mol. The van der Waals surface area contributed by atoms with E-state index in [0.717, 1.165) is 27.6 Å². The van der Waals surface area contributed by atoms with Crippen molar-refractivity contribution in [1.29, 1.82) is 0 Å². The van der Waals surface area contributed by atoms with E-state index < -0.39 is 0 Å². The van der Waals surface area contributed by atoms with Crippen LogP contribution in [0.5, 0.6) is 17.2 Å². The highest BCUT2D eigenvalue weighted by molar-refractivity contribution is 7.28. The van der Waals surface area contributed by atoms with Gasteiger partial charge in [-0.15, -0.1) is 9.24 Å². The molecule has 0 aliphatic rings. The molecule has 0 radical (unpaired) electrons. The highest BCUT2D eigenvalue weighted by Crippen LogP contribution is 2.44. The minimum Gasteiger partial charge on any atom is -0.507 e. The van der Waals surface area contributed by atoms with Crippen molar-refractivity contribution < 1.29 is 14.6 Å². The third-order valence-corrected chi connectivity index (χ3v) is 6.14. The van der Waals surface area contributed by atoms with Crippen molar-refractivity contribution in [3.63, 3.8) is 0 Å². The average Bonchev–Trinajstić information content (AvgIpc) is 2.74. The van der Waals surface area contributed by atoms with Gasteiger partial charge in [0.15, 0.2) is 0 Å². The number of hydrogen-bond acceptors (Lipinski definition) is 3. The van der Waals surface area contributed by atoms with E-state index in [2.05, 4.69) is 55.1 Å². The molecule has 4 heteroatoms. The first kappa shape index (κ1) is 22.2. The van der Waals surface area contributed by atoms with E-state index in [4.69, 9.17) is 9.47 Å². The quantitative estimate of drug-likeness (QED) is 0.462. The molecule has 3 aromatic carbocycles. The normalized spacial score (nSPS) is 11.2. The number of hydrogen-bond donors (Lipinski definition) is 1. The van der Waals surface area contributed by atoms with Crippen LogP contribution in [-0.4, -0.2) is 19.3 Å². The van der Waals surface area contributed by atoms with E-state index >= 15 is 0 Å². The summed E-state index contributed by atoms with van der Waals surface area (Å²) >= 11 is 0. The molecule has 3 nitrogen and oxygen atoms in total. The first-order chi connectivity index (χ1) is 14.3. The number of benzene rings is 3. The van der Waals surface area contributed by atoms with Crippen molar-refractivity contribution >= 4 is 14.5 Å². The lowest BCUT2D eigenvalue weighted by atomic mass is 9.84. The maximum atomic E-state index is 11.3. The van der Waals surface area contributed by atoms with E-state index in [1.165, 1.54) is 11.1 Å². The summed E-state index contributed by atoms with van der Waals surface area (Å²) in [5.41, 5.74) is 6.15. The standard InChI is InChI=1S/C26H31O3P/c1-15(2)17-9-7-10-18(16(3)4)23(17)19-13-14-20(26(30)25(19)27)24-21(28-5)11-8-12-22(24)29-6/h7-16,27H,30H2,1-6H3. The Balaban J connectivity index is 2.30. The second-order valence-electron chi connectivity index (χ2n) is 8.08. The number of phenolic OH excluding ortho intramolecular Hbond substituents is 1. The molecule has 30 heavy (non-hydrogen) atoms. The first-order valence-corrected chi connectivity index (χ1v) is 10.8. The molecule has 3 rings (SSSR count). The van der Waals surface area contributed by atoms with Gasteiger partial charge in [-0.05, 0) is 52.3 Å². The smallest absolute Gasteiger partial charge is 0.131 e. The van der Waals surface area contributed by atoms with Gasteiger partial charge in [0.2, 0.25) is 0 Å². The van der Waals surface area contributed by atoms with Crippen LogP contribution in [0.25, 0.3) is 22.3 Å². The molecule has 0 aromatic heterocycles. The Labute approximate surface area is 182 Å². The minimum atomic E-state index is 0.264. The number of ether oxygens (including phenoxy) is 2. The van der Waals surface area contributed by atoms with Crippen LogP contribution in [0.3, 0.4) is 0 Å². The van der Waals surface area contributed by atoms with Gasteiger partial charge in [-0.1, -0.05) is 58.0 Å². The lowest BCUT2D eigenvalue weighted by Gasteiger charge is -2.22. The summed E-state index contributed by atoms with van der Waals surface area (Å²) in [5, 5.41) is 12.1. The molecule has 1 unspecified atom stereocenters. The van der Waals surface area contributed by atoms with Crippen molar-refractivity contribution in [2.75, 3.05) is 14.2 Å². The van der Waals surface area contributed by atoms with Crippen LogP contribution in [-0.2, 0) is 0 Å². The molecule has 0 aliphatic carbocycles. The molecule has 0 aliphatic heterocycles. The van der Waals surface area contributed by atoms with Crippen molar-refractivity contribution in [1.82, 2.24) is 0 Å². The number of methoxy groups -OCH3 is 2. The van der Waals surface area contributed by atoms with Gasteiger partial charge in [-0.3, -0.25) is 0 Å². The van der Waals surface area contributed by atoms with Crippen LogP contribution < -0.4 is 14.8 Å². The van der Waals surface area contributed by atoms with E-state index in [1.54, 1.807) is 14.2 Å². The van der Waals surface area contributed by atoms with E-state index in [1.807, 2.05) is 30.3 Å². The van der Waals surface area contributed by atoms with Gasteiger partial charge in [-0.2, -0.15) is 0 Å². The summed E-state index contributed by atoms with van der Waals surface area (Å²) in [6.45, 7) is 8.76. The Kier molecular flexibility index (Phi) is 6.73. The minimum absolute atomic E-state index is 0.264. The fourth-order valence-corrected chi connectivity index (χ4v) is 4.40. The third kappa shape index (κ3) is 3.91. The predicted molar refractivity (Wildman–Crippen MR) is 130 cm³/mol. The van der Waals surface area contributed by atoms with Crippen LogP contribution in [0.15, 0.2) is 48.5 Å². The Morgan fingerprint density at radius 1 is 0.700 bits per heavy atom. The van der Waals surface area contributed by atoms with Crippen LogP contribution >= 0.6 is 9.24 Å². The molecule has 0 heterocycles. The van der Waals surface area contributed by atoms with E-state index in [9.17, 15) is 5.11 Å². The number of aromatic hydroxyl groups is 1. The molecule has 0 spiro atoms. The summed E-state index contributed by atoms with van der Waals surface area (Å²) in [6.07, 6.45) is 0. The first-order valence-electron chi connectivity index (χ1n) is 10.3. The monoisotopic (exact) mass is 422 g/mol. The second-order valence-corrected chi connectivity index (χ2v) is 8.66. The molecule has 1 atom stereocenters. The maximum absolute atomic E-state index is 11.3. The summed E-state index contributed by atoms with van der Waals surface area (Å²) in [7, 11) is 5.99. The van der Waals surface area contributed by atoms with Gasteiger partial charge in [0.1, 0.15) is 17.2 Å². The molecule has 0 amide bonds. The fraction of sp³-hybridized carbons (Fsp3) is 0.308. The average molecular weight is 423 g/mol. The summed E-state index contributed by atoms with van der Waals surface area (Å²) < 4.78 is 11.2. The highest BCUT2D eigenvalue weighted by atomic mass is 31.0. The molecule has 3 aromatic rings. The predicted octanol–water partition coefficient (Wildman–Crippen LogP) is 6.49. The van der Waals surface area contributed by atoms with E-state index in [-0.39, 0.29) is 5.75 Å². The second kappa shape index (κ2) is 9.10. The van der Waals surface area contributed by atoms with Crippen molar-refractivity contribution in [3.05, 3.63) is 59.7 Å². The molecular formula is C26H31O3P. The molecule has 0 fully saturated rings. The Morgan fingerprint density at radius 2 is 1.17 bits per heavy atom. The Bertz CT molecular complexity index is 1010. The molecule has 0 bridgehead atoms. The van der Waals surface area contributed by atoms with Crippen molar-refractivity contribution in [2.24, 2.45) is 0 Å². The van der Waals surface area contributed by atoms with Gasteiger partial charge >= 0.3 is 0 Å². The maximum Gasteiger partial charge on any atom is 0.131 e. The van der Waals surface area contributed by atoms with Gasteiger partial charge < -0.3 is 14.6 Å². The Hall–Kier alpha value is -2.51. The molecule has 158 valence electrons.